The Bertz CT molecular complexity index is 411. The maximum Gasteiger partial charge on any atom is 0.112 e. The summed E-state index contributed by atoms with van der Waals surface area (Å²) in [6, 6.07) is 0. The molecule has 1 atom stereocenters. The fraction of sp³-hybridized carbons (Fsp3) is 0.444. The van der Waals surface area contributed by atoms with Gasteiger partial charge < -0.3 is 9.84 Å². The van der Waals surface area contributed by atoms with Crippen LogP contribution in [-0.2, 0) is 4.74 Å². The molecule has 0 bridgehead atoms. The number of aliphatic hydroxyl groups is 1. The first-order valence-electron chi connectivity index (χ1n) is 7.33. The molecule has 0 radical (unpaired) electrons. The van der Waals surface area contributed by atoms with E-state index in [9.17, 15) is 5.11 Å². The summed E-state index contributed by atoms with van der Waals surface area (Å²) in [6.45, 7) is 4.52. The highest BCUT2D eigenvalue weighted by atomic mass is 16.5. The molecule has 20 heavy (non-hydrogen) atoms. The molecule has 110 valence electrons. The number of rotatable bonds is 4. The minimum Gasteiger partial charge on any atom is -0.494 e. The van der Waals surface area contributed by atoms with Crippen molar-refractivity contribution >= 4 is 0 Å². The van der Waals surface area contributed by atoms with E-state index in [1.165, 1.54) is 5.57 Å². The summed E-state index contributed by atoms with van der Waals surface area (Å²) in [5.74, 6) is 0.909. The summed E-state index contributed by atoms with van der Waals surface area (Å²) in [5, 5.41) is 9.78. The Hall–Kier alpha value is -1.54. The second kappa shape index (κ2) is 10.3. The van der Waals surface area contributed by atoms with Crippen LogP contribution in [0.1, 0.15) is 39.5 Å². The van der Waals surface area contributed by atoms with Gasteiger partial charge in [-0.1, -0.05) is 42.5 Å². The summed E-state index contributed by atoms with van der Waals surface area (Å²) in [4.78, 5) is 0. The van der Waals surface area contributed by atoms with Gasteiger partial charge in [-0.2, -0.15) is 0 Å². The van der Waals surface area contributed by atoms with E-state index in [4.69, 9.17) is 4.74 Å². The number of ether oxygens (including phenoxy) is 1. The van der Waals surface area contributed by atoms with Gasteiger partial charge in [-0.3, -0.25) is 0 Å². The van der Waals surface area contributed by atoms with Crippen LogP contribution in [-0.4, -0.2) is 17.8 Å². The van der Waals surface area contributed by atoms with Gasteiger partial charge in [-0.15, -0.1) is 0 Å². The zero-order valence-corrected chi connectivity index (χ0v) is 12.6. The van der Waals surface area contributed by atoms with Crippen molar-refractivity contribution in [1.29, 1.82) is 0 Å². The second-order valence-corrected chi connectivity index (χ2v) is 4.95. The first kappa shape index (κ1) is 16.5. The lowest BCUT2D eigenvalue weighted by Gasteiger charge is -2.08. The third-order valence-electron chi connectivity index (χ3n) is 3.08. The van der Waals surface area contributed by atoms with Gasteiger partial charge in [0.2, 0.25) is 0 Å². The maximum atomic E-state index is 9.78. The monoisotopic (exact) mass is 274 g/mol. The highest BCUT2D eigenvalue weighted by molar-refractivity contribution is 5.21. The molecule has 1 aliphatic rings. The Kier molecular flexibility index (Phi) is 8.48. The molecule has 0 aromatic rings. The predicted molar refractivity (Wildman–Crippen MR) is 85.4 cm³/mol. The molecule has 0 aromatic carbocycles. The van der Waals surface area contributed by atoms with Crippen LogP contribution in [0.4, 0.5) is 0 Å². The summed E-state index contributed by atoms with van der Waals surface area (Å²) in [7, 11) is 0. The highest BCUT2D eigenvalue weighted by Crippen LogP contribution is 2.11. The molecule has 2 heteroatoms. The zero-order valence-electron chi connectivity index (χ0n) is 12.6. The van der Waals surface area contributed by atoms with Gasteiger partial charge in [0, 0.05) is 0 Å². The standard InChI is InChI=1S/C18H26O2/c1-3-4-10-16(2)20-15-17-11-7-5-6-8-13-18(19)14-9-12-17/h3-4,6-8,10-12,18-19H,5,9,13-15H2,1-2H3. The predicted octanol–water partition coefficient (Wildman–Crippen LogP) is 4.46. The minimum atomic E-state index is -0.237. The number of hydrogen-bond donors (Lipinski definition) is 1. The Morgan fingerprint density at radius 3 is 3.05 bits per heavy atom. The van der Waals surface area contributed by atoms with E-state index in [2.05, 4.69) is 30.4 Å². The number of hydrogen-bond acceptors (Lipinski definition) is 2. The SMILES string of the molecule is CC=CC=C(C)OCC1=CCCC(O)CC=CCC=C1. The van der Waals surface area contributed by atoms with Crippen molar-refractivity contribution in [2.75, 3.05) is 6.61 Å². The quantitative estimate of drug-likeness (QED) is 0.466. The maximum absolute atomic E-state index is 9.78. The molecule has 0 fully saturated rings. The van der Waals surface area contributed by atoms with Gasteiger partial charge in [0.05, 0.1) is 11.9 Å². The normalized spacial score (nSPS) is 21.6. The van der Waals surface area contributed by atoms with Gasteiger partial charge in [0.15, 0.2) is 0 Å². The molecule has 0 aliphatic heterocycles. The van der Waals surface area contributed by atoms with Gasteiger partial charge in [-0.05, 0) is 51.2 Å². The van der Waals surface area contributed by atoms with Crippen LogP contribution in [0.2, 0.25) is 0 Å². The second-order valence-electron chi connectivity index (χ2n) is 4.95. The molecule has 0 heterocycles. The van der Waals surface area contributed by atoms with E-state index < -0.39 is 0 Å². The lowest BCUT2D eigenvalue weighted by molar-refractivity contribution is 0.168. The number of aliphatic hydroxyl groups excluding tert-OH is 1. The van der Waals surface area contributed by atoms with Crippen molar-refractivity contribution in [2.45, 2.75) is 45.6 Å². The molecule has 0 aromatic heterocycles. The summed E-state index contributed by atoms with van der Waals surface area (Å²) >= 11 is 0. The molecule has 0 saturated heterocycles. The van der Waals surface area contributed by atoms with Gasteiger partial charge in [-0.25, -0.2) is 0 Å². The highest BCUT2D eigenvalue weighted by Gasteiger charge is 2.02. The summed E-state index contributed by atoms with van der Waals surface area (Å²) < 4.78 is 5.72. The fourth-order valence-electron chi connectivity index (χ4n) is 1.88. The van der Waals surface area contributed by atoms with Crippen LogP contribution >= 0.6 is 0 Å². The summed E-state index contributed by atoms with van der Waals surface area (Å²) in [6.07, 6.45) is 19.6. The molecule has 1 rings (SSSR count). The Labute approximate surface area is 122 Å². The molecule has 1 N–H and O–H groups in total. The first-order valence-corrected chi connectivity index (χ1v) is 7.33. The molecule has 1 aliphatic carbocycles. The van der Waals surface area contributed by atoms with Crippen molar-refractivity contribution in [3.8, 4) is 0 Å². The van der Waals surface area contributed by atoms with Gasteiger partial charge >= 0.3 is 0 Å². The largest absolute Gasteiger partial charge is 0.494 e. The third kappa shape index (κ3) is 7.80. The lowest BCUT2D eigenvalue weighted by Crippen LogP contribution is -2.04. The van der Waals surface area contributed by atoms with Crippen molar-refractivity contribution in [2.24, 2.45) is 0 Å². The third-order valence-corrected chi connectivity index (χ3v) is 3.08. The number of allylic oxidation sites excluding steroid dienone is 7. The average Bonchev–Trinajstić information content (AvgIpc) is 2.48. The molecule has 0 spiro atoms. The van der Waals surface area contributed by atoms with Crippen LogP contribution in [0.3, 0.4) is 0 Å². The van der Waals surface area contributed by atoms with Crippen LogP contribution in [0.25, 0.3) is 0 Å². The molecule has 1 unspecified atom stereocenters. The Morgan fingerprint density at radius 2 is 2.25 bits per heavy atom. The summed E-state index contributed by atoms with van der Waals surface area (Å²) in [5.41, 5.74) is 1.17. The minimum absolute atomic E-state index is 0.237. The van der Waals surface area contributed by atoms with Crippen molar-refractivity contribution in [3.63, 3.8) is 0 Å². The zero-order chi connectivity index (χ0) is 14.6. The molecule has 0 amide bonds. The van der Waals surface area contributed by atoms with Gasteiger partial charge in [0.1, 0.15) is 6.61 Å². The topological polar surface area (TPSA) is 29.5 Å². The fourth-order valence-corrected chi connectivity index (χ4v) is 1.88. The lowest BCUT2D eigenvalue weighted by atomic mass is 10.1. The van der Waals surface area contributed by atoms with E-state index in [1.54, 1.807) is 0 Å². The van der Waals surface area contributed by atoms with E-state index in [-0.39, 0.29) is 6.10 Å². The first-order chi connectivity index (χ1) is 9.72. The molecular formula is C18H26O2. The van der Waals surface area contributed by atoms with E-state index >= 15 is 0 Å². The van der Waals surface area contributed by atoms with Crippen LogP contribution in [0.5, 0.6) is 0 Å². The van der Waals surface area contributed by atoms with Crippen molar-refractivity contribution in [3.05, 3.63) is 59.9 Å². The van der Waals surface area contributed by atoms with E-state index in [0.717, 1.165) is 31.4 Å². The smallest absolute Gasteiger partial charge is 0.112 e. The van der Waals surface area contributed by atoms with E-state index in [1.807, 2.05) is 32.1 Å². The van der Waals surface area contributed by atoms with E-state index in [0.29, 0.717) is 6.61 Å². The Balaban J connectivity index is 2.57. The average molecular weight is 274 g/mol. The van der Waals surface area contributed by atoms with Crippen LogP contribution in [0, 0.1) is 0 Å². The Morgan fingerprint density at radius 1 is 1.40 bits per heavy atom. The van der Waals surface area contributed by atoms with Crippen molar-refractivity contribution in [1.82, 2.24) is 0 Å². The van der Waals surface area contributed by atoms with Gasteiger partial charge in [0.25, 0.3) is 0 Å². The van der Waals surface area contributed by atoms with Crippen LogP contribution in [0.15, 0.2) is 59.9 Å². The molecule has 2 nitrogen and oxygen atoms in total. The van der Waals surface area contributed by atoms with Crippen molar-refractivity contribution < 1.29 is 9.84 Å². The van der Waals surface area contributed by atoms with Crippen LogP contribution < -0.4 is 0 Å². The molecule has 0 saturated carbocycles. The molecular weight excluding hydrogens is 248 g/mol.